The van der Waals surface area contributed by atoms with E-state index in [-0.39, 0.29) is 11.9 Å². The molecule has 0 aliphatic heterocycles. The first-order chi connectivity index (χ1) is 7.61. The molecular weight excluding hydrogens is 203 g/mol. The molecule has 1 atom stereocenters. The second-order valence-corrected chi connectivity index (χ2v) is 4.66. The monoisotopic (exact) mass is 222 g/mol. The van der Waals surface area contributed by atoms with Gasteiger partial charge in [0, 0.05) is 19.1 Å². The zero-order valence-corrected chi connectivity index (χ0v) is 9.91. The molecule has 0 unspecified atom stereocenters. The van der Waals surface area contributed by atoms with E-state index >= 15 is 0 Å². The van der Waals surface area contributed by atoms with Crippen LogP contribution < -0.4 is 10.6 Å². The zero-order valence-electron chi connectivity index (χ0n) is 9.91. The number of nitrogens with two attached hydrogens (primary N) is 1. The lowest BCUT2D eigenvalue weighted by Gasteiger charge is -2.38. The summed E-state index contributed by atoms with van der Waals surface area (Å²) in [7, 11) is 1.97. The molecule has 88 valence electrons. The summed E-state index contributed by atoms with van der Waals surface area (Å²) in [5.74, 6) is -0.163. The van der Waals surface area contributed by atoms with Crippen molar-refractivity contribution < 1.29 is 4.39 Å². The van der Waals surface area contributed by atoms with Crippen molar-refractivity contribution in [2.75, 3.05) is 11.9 Å². The van der Waals surface area contributed by atoms with Crippen LogP contribution in [0.5, 0.6) is 0 Å². The van der Waals surface area contributed by atoms with Crippen LogP contribution in [0.25, 0.3) is 0 Å². The van der Waals surface area contributed by atoms with Gasteiger partial charge in [0.1, 0.15) is 5.82 Å². The molecule has 0 amide bonds. The lowest BCUT2D eigenvalue weighted by atomic mass is 9.90. The van der Waals surface area contributed by atoms with Crippen molar-refractivity contribution in [3.05, 3.63) is 29.6 Å². The highest BCUT2D eigenvalue weighted by Crippen LogP contribution is 2.34. The molecule has 1 aliphatic carbocycles. The van der Waals surface area contributed by atoms with Crippen LogP contribution in [0.1, 0.15) is 37.8 Å². The number of anilines is 1. The summed E-state index contributed by atoms with van der Waals surface area (Å²) < 4.78 is 13.9. The van der Waals surface area contributed by atoms with Crippen LogP contribution >= 0.6 is 0 Å². The molecule has 1 saturated carbocycles. The van der Waals surface area contributed by atoms with E-state index in [1.165, 1.54) is 12.5 Å². The fourth-order valence-corrected chi connectivity index (χ4v) is 2.23. The molecule has 1 aromatic rings. The quantitative estimate of drug-likeness (QED) is 0.852. The van der Waals surface area contributed by atoms with Gasteiger partial charge in [-0.3, -0.25) is 0 Å². The summed E-state index contributed by atoms with van der Waals surface area (Å²) in [5, 5.41) is 0. The number of halogens is 1. The molecule has 3 heteroatoms. The Kier molecular flexibility index (Phi) is 3.15. The predicted octanol–water partition coefficient (Wildman–Crippen LogP) is 2.83. The Bertz CT molecular complexity index is 372. The molecule has 1 aliphatic rings. The lowest BCUT2D eigenvalue weighted by Crippen LogP contribution is -2.38. The number of hydrogen-bond acceptors (Lipinski definition) is 2. The molecule has 1 aromatic carbocycles. The highest BCUT2D eigenvalue weighted by atomic mass is 19.1. The summed E-state index contributed by atoms with van der Waals surface area (Å²) in [6.07, 6.45) is 3.56. The van der Waals surface area contributed by atoms with Crippen molar-refractivity contribution in [2.24, 2.45) is 5.73 Å². The van der Waals surface area contributed by atoms with E-state index < -0.39 is 0 Å². The Morgan fingerprint density at radius 1 is 1.44 bits per heavy atom. The van der Waals surface area contributed by atoms with Crippen molar-refractivity contribution >= 4 is 5.69 Å². The highest BCUT2D eigenvalue weighted by molar-refractivity contribution is 5.56. The van der Waals surface area contributed by atoms with Gasteiger partial charge < -0.3 is 10.6 Å². The Morgan fingerprint density at radius 2 is 2.12 bits per heavy atom. The van der Waals surface area contributed by atoms with Gasteiger partial charge in [0.25, 0.3) is 0 Å². The number of hydrogen-bond donors (Lipinski definition) is 1. The second kappa shape index (κ2) is 4.42. The number of nitrogens with zero attached hydrogens (tertiary/aromatic N) is 1. The first kappa shape index (κ1) is 11.4. The Morgan fingerprint density at radius 3 is 2.62 bits per heavy atom. The number of rotatable bonds is 3. The average Bonchev–Trinajstić information content (AvgIpc) is 2.14. The smallest absolute Gasteiger partial charge is 0.146 e. The average molecular weight is 222 g/mol. The van der Waals surface area contributed by atoms with Crippen molar-refractivity contribution in [1.82, 2.24) is 0 Å². The van der Waals surface area contributed by atoms with Crippen LogP contribution in [-0.2, 0) is 0 Å². The molecule has 1 fully saturated rings. The van der Waals surface area contributed by atoms with Gasteiger partial charge in [-0.2, -0.15) is 0 Å². The third-order valence-electron chi connectivity index (χ3n) is 3.48. The first-order valence-electron chi connectivity index (χ1n) is 5.88. The highest BCUT2D eigenvalue weighted by Gasteiger charge is 2.26. The molecule has 2 N–H and O–H groups in total. The van der Waals surface area contributed by atoms with E-state index in [0.29, 0.717) is 11.7 Å². The number of para-hydroxylation sites is 1. The Balaban J connectivity index is 2.36. The van der Waals surface area contributed by atoms with E-state index in [0.717, 1.165) is 18.4 Å². The maximum atomic E-state index is 13.9. The molecule has 0 radical (unpaired) electrons. The normalized spacial score (nSPS) is 18.0. The molecule has 2 rings (SSSR count). The van der Waals surface area contributed by atoms with Gasteiger partial charge in [0.2, 0.25) is 0 Å². The molecule has 2 nitrogen and oxygen atoms in total. The van der Waals surface area contributed by atoms with Gasteiger partial charge in [0.15, 0.2) is 0 Å². The fourth-order valence-electron chi connectivity index (χ4n) is 2.23. The molecule has 0 spiro atoms. The SMILES string of the molecule is C[C@@H](N)c1cccc(F)c1N(C)C1CCC1. The van der Waals surface area contributed by atoms with Crippen LogP contribution in [0.2, 0.25) is 0 Å². The third-order valence-corrected chi connectivity index (χ3v) is 3.48. The fraction of sp³-hybridized carbons (Fsp3) is 0.538. The van der Waals surface area contributed by atoms with Gasteiger partial charge >= 0.3 is 0 Å². The Labute approximate surface area is 96.2 Å². The zero-order chi connectivity index (χ0) is 11.7. The van der Waals surface area contributed by atoms with Crippen LogP contribution in [0.4, 0.5) is 10.1 Å². The molecule has 0 saturated heterocycles. The minimum atomic E-state index is -0.163. The van der Waals surface area contributed by atoms with Crippen LogP contribution in [0.3, 0.4) is 0 Å². The van der Waals surface area contributed by atoms with Gasteiger partial charge in [-0.25, -0.2) is 4.39 Å². The molecule has 0 bridgehead atoms. The predicted molar refractivity (Wildman–Crippen MR) is 65.0 cm³/mol. The largest absolute Gasteiger partial charge is 0.369 e. The van der Waals surface area contributed by atoms with E-state index in [2.05, 4.69) is 4.90 Å². The minimum Gasteiger partial charge on any atom is -0.369 e. The topological polar surface area (TPSA) is 29.3 Å². The van der Waals surface area contributed by atoms with E-state index in [1.54, 1.807) is 6.07 Å². The summed E-state index contributed by atoms with van der Waals surface area (Å²) in [5.41, 5.74) is 7.47. The van der Waals surface area contributed by atoms with Crippen molar-refractivity contribution in [3.8, 4) is 0 Å². The maximum Gasteiger partial charge on any atom is 0.146 e. The Hall–Kier alpha value is -1.09. The van der Waals surface area contributed by atoms with Gasteiger partial charge in [-0.15, -0.1) is 0 Å². The number of benzene rings is 1. The molecule has 0 heterocycles. The van der Waals surface area contributed by atoms with E-state index in [1.807, 2.05) is 20.0 Å². The van der Waals surface area contributed by atoms with Crippen LogP contribution in [-0.4, -0.2) is 13.1 Å². The maximum absolute atomic E-state index is 13.9. The summed E-state index contributed by atoms with van der Waals surface area (Å²) >= 11 is 0. The molecule has 0 aromatic heterocycles. The summed E-state index contributed by atoms with van der Waals surface area (Å²) in [6.45, 7) is 1.90. The standard InChI is InChI=1S/C13H19FN2/c1-9(15)11-7-4-8-12(14)13(11)16(2)10-5-3-6-10/h4,7-10H,3,5-6,15H2,1-2H3/t9-/m1/s1. The van der Waals surface area contributed by atoms with Gasteiger partial charge in [-0.1, -0.05) is 12.1 Å². The molecule has 16 heavy (non-hydrogen) atoms. The summed E-state index contributed by atoms with van der Waals surface area (Å²) in [4.78, 5) is 2.05. The van der Waals surface area contributed by atoms with Crippen LogP contribution in [0.15, 0.2) is 18.2 Å². The molecular formula is C13H19FN2. The van der Waals surface area contributed by atoms with E-state index in [4.69, 9.17) is 5.73 Å². The van der Waals surface area contributed by atoms with Crippen LogP contribution in [0, 0.1) is 5.82 Å². The van der Waals surface area contributed by atoms with Gasteiger partial charge in [0.05, 0.1) is 5.69 Å². The van der Waals surface area contributed by atoms with Crippen molar-refractivity contribution in [2.45, 2.75) is 38.3 Å². The lowest BCUT2D eigenvalue weighted by molar-refractivity contribution is 0.397. The van der Waals surface area contributed by atoms with Crippen molar-refractivity contribution in [1.29, 1.82) is 0 Å². The van der Waals surface area contributed by atoms with Crippen molar-refractivity contribution in [3.63, 3.8) is 0 Å². The third kappa shape index (κ3) is 1.92. The van der Waals surface area contributed by atoms with E-state index in [9.17, 15) is 4.39 Å². The minimum absolute atomic E-state index is 0.131. The summed E-state index contributed by atoms with van der Waals surface area (Å²) in [6, 6.07) is 5.50. The van der Waals surface area contributed by atoms with Gasteiger partial charge in [-0.05, 0) is 37.8 Å². The first-order valence-corrected chi connectivity index (χ1v) is 5.88. The second-order valence-electron chi connectivity index (χ2n) is 4.66.